The molecule has 0 aromatic heterocycles. The minimum Gasteiger partial charge on any atom is -0.414 e. The van der Waals surface area contributed by atoms with E-state index in [1.165, 1.54) is 122 Å². The van der Waals surface area contributed by atoms with Gasteiger partial charge in [-0.25, -0.2) is 0 Å². The first-order valence-electron chi connectivity index (χ1n) is 30.4. The summed E-state index contributed by atoms with van der Waals surface area (Å²) in [6.45, 7) is 52.6. The van der Waals surface area contributed by atoms with Crippen LogP contribution in [0.25, 0.3) is 44.5 Å². The predicted octanol–water partition coefficient (Wildman–Crippen LogP) is 22.5. The summed E-state index contributed by atoms with van der Waals surface area (Å²) in [4.78, 5) is 0. The van der Waals surface area contributed by atoms with Gasteiger partial charge in [0.1, 0.15) is 0 Å². The minimum absolute atomic E-state index is 0.134. The third-order valence-electron chi connectivity index (χ3n) is 16.9. The average Bonchev–Trinajstić information content (AvgIpc) is 3.37. The van der Waals surface area contributed by atoms with Crippen LogP contribution in [0.3, 0.4) is 0 Å². The second-order valence-electron chi connectivity index (χ2n) is 27.7. The van der Waals surface area contributed by atoms with E-state index in [0.29, 0.717) is 47.3 Å². The van der Waals surface area contributed by atoms with Gasteiger partial charge in [-0.2, -0.15) is 0 Å². The summed E-state index contributed by atoms with van der Waals surface area (Å²) < 4.78 is 7.15. The molecular formula is C77H101OSi. The highest BCUT2D eigenvalue weighted by Gasteiger charge is 2.37. The van der Waals surface area contributed by atoms with Gasteiger partial charge in [-0.15, -0.1) is 0 Å². The molecule has 0 bridgehead atoms. The quantitative estimate of drug-likeness (QED) is 0.0778. The van der Waals surface area contributed by atoms with Gasteiger partial charge in [-0.05, 0) is 193 Å². The lowest BCUT2D eigenvalue weighted by atomic mass is 9.76. The Morgan fingerprint density at radius 2 is 0.557 bits per heavy atom. The fraction of sp³-hybridized carbons (Fsp3) is 0.455. The number of hydrogen-bond donors (Lipinski definition) is 0. The molecule has 0 heterocycles. The Morgan fingerprint density at radius 1 is 0.342 bits per heavy atom. The fourth-order valence-corrected chi connectivity index (χ4v) is 15.3. The van der Waals surface area contributed by atoms with Crippen molar-refractivity contribution < 1.29 is 4.43 Å². The molecule has 1 nitrogen and oxygen atoms in total. The third kappa shape index (κ3) is 12.8. The van der Waals surface area contributed by atoms with Crippen LogP contribution in [0, 0.1) is 0 Å². The molecule has 0 aliphatic carbocycles. The van der Waals surface area contributed by atoms with E-state index in [1.54, 1.807) is 0 Å². The summed E-state index contributed by atoms with van der Waals surface area (Å²) in [6, 6.07) is 48.3. The standard InChI is InChI=1S/C77H101OSi/c1-46(2)57-30-24-31-58(47(3)4)71(57)65-38-28-39-66(72-59(48(5)6)32-25-33-60(72)49(7)8)69(65)44-54-42-56(76(17,18)19)43-55(75(54)79(78-23)77(20,21)22)45-70-67(73-61(50(9)10)34-26-35-62(73)51(11)12)40-29-41-68(70)74-63(52(13)14)36-27-37-64(74)53(15)16/h24-43,46-53H,44-45H2,1-23H3. The zero-order chi connectivity index (χ0) is 58.2. The van der Waals surface area contributed by atoms with Crippen LogP contribution in [0.4, 0.5) is 0 Å². The van der Waals surface area contributed by atoms with Crippen LogP contribution in [-0.2, 0) is 22.7 Å². The van der Waals surface area contributed by atoms with Crippen LogP contribution in [-0.4, -0.2) is 16.2 Å². The van der Waals surface area contributed by atoms with E-state index in [4.69, 9.17) is 4.43 Å². The zero-order valence-corrected chi connectivity index (χ0v) is 54.5. The minimum atomic E-state index is -1.71. The topological polar surface area (TPSA) is 9.23 Å². The van der Waals surface area contributed by atoms with Crippen molar-refractivity contribution in [3.05, 3.63) is 194 Å². The van der Waals surface area contributed by atoms with E-state index in [0.717, 1.165) is 12.8 Å². The van der Waals surface area contributed by atoms with Crippen LogP contribution >= 0.6 is 0 Å². The molecule has 0 aliphatic rings. The Balaban J connectivity index is 1.72. The van der Waals surface area contributed by atoms with Crippen molar-refractivity contribution >= 4 is 14.2 Å². The molecule has 0 amide bonds. The number of hydrogen-bond acceptors (Lipinski definition) is 1. The zero-order valence-electron chi connectivity index (χ0n) is 53.5. The molecule has 0 N–H and O–H groups in total. The summed E-state index contributed by atoms with van der Waals surface area (Å²) in [5, 5.41) is 1.30. The molecule has 0 fully saturated rings. The molecule has 79 heavy (non-hydrogen) atoms. The van der Waals surface area contributed by atoms with Gasteiger partial charge in [-0.1, -0.05) is 274 Å². The first-order valence-corrected chi connectivity index (χ1v) is 31.9. The van der Waals surface area contributed by atoms with E-state index in [9.17, 15) is 0 Å². The molecule has 0 aliphatic heterocycles. The van der Waals surface area contributed by atoms with Crippen LogP contribution in [0.1, 0.15) is 272 Å². The van der Waals surface area contributed by atoms with Crippen molar-refractivity contribution in [2.45, 2.75) is 223 Å². The monoisotopic (exact) mass is 1070 g/mol. The molecular weight excluding hydrogens is 969 g/mol. The lowest BCUT2D eigenvalue weighted by molar-refractivity contribution is 0.402. The molecule has 1 radical (unpaired) electrons. The third-order valence-corrected chi connectivity index (χ3v) is 19.8. The second-order valence-corrected chi connectivity index (χ2v) is 30.8. The molecule has 7 aromatic rings. The lowest BCUT2D eigenvalue weighted by Crippen LogP contribution is -2.45. The molecule has 7 rings (SSSR count). The second kappa shape index (κ2) is 24.8. The summed E-state index contributed by atoms with van der Waals surface area (Å²) in [5.41, 5.74) is 29.3. The summed E-state index contributed by atoms with van der Waals surface area (Å²) in [5.74, 6) is 2.77. The van der Waals surface area contributed by atoms with E-state index in [1.807, 2.05) is 7.11 Å². The highest BCUT2D eigenvalue weighted by Crippen LogP contribution is 2.48. The molecule has 0 saturated carbocycles. The Morgan fingerprint density at radius 3 is 0.734 bits per heavy atom. The first kappa shape index (κ1) is 61.3. The van der Waals surface area contributed by atoms with Crippen molar-refractivity contribution in [2.24, 2.45) is 0 Å². The van der Waals surface area contributed by atoms with Gasteiger partial charge in [0.25, 0.3) is 9.04 Å². The van der Waals surface area contributed by atoms with Gasteiger partial charge < -0.3 is 4.43 Å². The summed E-state index contributed by atoms with van der Waals surface area (Å²) in [7, 11) is 0.293. The van der Waals surface area contributed by atoms with E-state index in [2.05, 4.69) is 274 Å². The van der Waals surface area contributed by atoms with Crippen LogP contribution < -0.4 is 5.19 Å². The highest BCUT2D eigenvalue weighted by molar-refractivity contribution is 6.71. The normalized spacial score (nSPS) is 12.7. The van der Waals surface area contributed by atoms with Crippen molar-refractivity contribution in [3.63, 3.8) is 0 Å². The molecule has 0 atom stereocenters. The highest BCUT2D eigenvalue weighted by atomic mass is 28.3. The Bertz CT molecular complexity index is 2780. The number of benzene rings is 7. The van der Waals surface area contributed by atoms with E-state index in [-0.39, 0.29) is 10.5 Å². The summed E-state index contributed by atoms with van der Waals surface area (Å²) >= 11 is 0. The summed E-state index contributed by atoms with van der Waals surface area (Å²) in [6.07, 6.45) is 1.55. The van der Waals surface area contributed by atoms with Gasteiger partial charge in [0.05, 0.1) is 0 Å². The molecule has 0 saturated heterocycles. The van der Waals surface area contributed by atoms with Gasteiger partial charge in [-0.3, -0.25) is 0 Å². The van der Waals surface area contributed by atoms with Crippen molar-refractivity contribution in [2.75, 3.05) is 7.11 Å². The van der Waals surface area contributed by atoms with Crippen molar-refractivity contribution in [3.8, 4) is 44.5 Å². The van der Waals surface area contributed by atoms with E-state index >= 15 is 0 Å². The van der Waals surface area contributed by atoms with Gasteiger partial charge in [0.15, 0.2) is 0 Å². The predicted molar refractivity (Wildman–Crippen MR) is 350 cm³/mol. The maximum absolute atomic E-state index is 7.15. The van der Waals surface area contributed by atoms with Crippen LogP contribution in [0.2, 0.25) is 5.04 Å². The Labute approximate surface area is 484 Å². The van der Waals surface area contributed by atoms with E-state index < -0.39 is 9.04 Å². The Kier molecular flexibility index (Phi) is 19.3. The van der Waals surface area contributed by atoms with Gasteiger partial charge in [0.2, 0.25) is 0 Å². The average molecular weight is 1070 g/mol. The molecule has 7 aromatic carbocycles. The number of rotatable bonds is 18. The fourth-order valence-electron chi connectivity index (χ4n) is 12.9. The van der Waals surface area contributed by atoms with Gasteiger partial charge >= 0.3 is 0 Å². The van der Waals surface area contributed by atoms with Crippen molar-refractivity contribution in [1.82, 2.24) is 0 Å². The lowest BCUT2D eigenvalue weighted by Gasteiger charge is -2.34. The van der Waals surface area contributed by atoms with Crippen molar-refractivity contribution in [1.29, 1.82) is 0 Å². The SMILES string of the molecule is CO[Si](c1c(Cc2c(-c3c(C(C)C)cccc3C(C)C)cccc2-c2c(C(C)C)cccc2C(C)C)cc(C(C)(C)C)cc1Cc1c(-c2c(C(C)C)cccc2C(C)C)cccc1-c1c(C(C)C)cccc1C(C)C)C(C)(C)C. The maximum atomic E-state index is 7.15. The largest absolute Gasteiger partial charge is 0.414 e. The van der Waals surface area contributed by atoms with Gasteiger partial charge in [0, 0.05) is 7.11 Å². The smallest absolute Gasteiger partial charge is 0.252 e. The molecule has 0 unspecified atom stereocenters. The van der Waals surface area contributed by atoms with Crippen LogP contribution in [0.5, 0.6) is 0 Å². The maximum Gasteiger partial charge on any atom is 0.252 e. The molecule has 2 heteroatoms. The Hall–Kier alpha value is -5.28. The first-order chi connectivity index (χ1) is 37.1. The molecule has 0 spiro atoms. The molecule has 419 valence electrons. The van der Waals surface area contributed by atoms with Crippen LogP contribution in [0.15, 0.2) is 121 Å².